The highest BCUT2D eigenvalue weighted by atomic mass is 32.2. The number of rotatable bonds is 8. The number of benzene rings is 1. The quantitative estimate of drug-likeness (QED) is 0.579. The summed E-state index contributed by atoms with van der Waals surface area (Å²) >= 11 is 0. The third kappa shape index (κ3) is 4.54. The molecule has 0 amide bonds. The van der Waals surface area contributed by atoms with E-state index in [1.807, 2.05) is 13.0 Å². The van der Waals surface area contributed by atoms with Gasteiger partial charge in [-0.1, -0.05) is 25.1 Å². The van der Waals surface area contributed by atoms with Gasteiger partial charge in [0.15, 0.2) is 5.65 Å². The van der Waals surface area contributed by atoms with Crippen LogP contribution in [0.3, 0.4) is 0 Å². The summed E-state index contributed by atoms with van der Waals surface area (Å²) in [5.41, 5.74) is 1.96. The van der Waals surface area contributed by atoms with Gasteiger partial charge in [0.25, 0.3) is 0 Å². The number of piperazine rings is 1. The van der Waals surface area contributed by atoms with Crippen molar-refractivity contribution in [3.05, 3.63) is 42.9 Å². The number of hydrogen-bond donors (Lipinski definition) is 1. The number of hydrogen-bond acceptors (Lipinski definition) is 7. The molecule has 0 atom stereocenters. The average molecular weight is 430 g/mol. The highest BCUT2D eigenvalue weighted by Gasteiger charge is 2.21. The molecule has 9 nitrogen and oxygen atoms in total. The van der Waals surface area contributed by atoms with Crippen molar-refractivity contribution < 1.29 is 8.42 Å². The van der Waals surface area contributed by atoms with E-state index in [1.165, 1.54) is 5.69 Å². The lowest BCUT2D eigenvalue weighted by atomic mass is 10.2. The topological polar surface area (TPSA) is 96.2 Å². The van der Waals surface area contributed by atoms with Crippen molar-refractivity contribution in [2.45, 2.75) is 19.9 Å². The summed E-state index contributed by atoms with van der Waals surface area (Å²) in [6.45, 7) is 6.12. The van der Waals surface area contributed by atoms with Gasteiger partial charge in [-0.05, 0) is 18.6 Å². The van der Waals surface area contributed by atoms with Crippen molar-refractivity contribution in [2.24, 2.45) is 0 Å². The van der Waals surface area contributed by atoms with Crippen molar-refractivity contribution in [1.82, 2.24) is 24.5 Å². The minimum atomic E-state index is -3.23. The predicted molar refractivity (Wildman–Crippen MR) is 118 cm³/mol. The van der Waals surface area contributed by atoms with Crippen LogP contribution in [0, 0.1) is 0 Å². The molecule has 3 aromatic rings. The number of para-hydroxylation sites is 1. The van der Waals surface area contributed by atoms with E-state index in [9.17, 15) is 8.42 Å². The Morgan fingerprint density at radius 3 is 2.50 bits per heavy atom. The van der Waals surface area contributed by atoms with E-state index >= 15 is 0 Å². The normalized spacial score (nSPS) is 15.1. The van der Waals surface area contributed by atoms with Crippen LogP contribution < -0.4 is 14.5 Å². The molecule has 0 radical (unpaired) electrons. The van der Waals surface area contributed by atoms with Crippen molar-refractivity contribution in [2.75, 3.05) is 48.3 Å². The van der Waals surface area contributed by atoms with E-state index in [1.54, 1.807) is 17.2 Å². The number of nitrogens with one attached hydrogen (secondary N) is 1. The second-order valence-corrected chi connectivity index (χ2v) is 9.25. The highest BCUT2D eigenvalue weighted by Crippen LogP contribution is 2.25. The van der Waals surface area contributed by atoms with E-state index in [4.69, 9.17) is 0 Å². The lowest BCUT2D eigenvalue weighted by Gasteiger charge is -2.36. The lowest BCUT2D eigenvalue weighted by Crippen LogP contribution is -2.46. The first-order valence-corrected chi connectivity index (χ1v) is 11.9. The Balaban J connectivity index is 1.44. The molecule has 30 heavy (non-hydrogen) atoms. The van der Waals surface area contributed by atoms with Crippen LogP contribution in [0.4, 0.5) is 11.5 Å². The van der Waals surface area contributed by atoms with Crippen molar-refractivity contribution >= 4 is 32.6 Å². The number of fused-ring (bicyclic) bond motifs is 1. The maximum atomic E-state index is 11.8. The van der Waals surface area contributed by atoms with Crippen LogP contribution in [0.15, 0.2) is 42.9 Å². The maximum absolute atomic E-state index is 11.8. The van der Waals surface area contributed by atoms with Crippen LogP contribution >= 0.6 is 0 Å². The zero-order chi connectivity index (χ0) is 21.0. The molecule has 4 rings (SSSR count). The first-order valence-electron chi connectivity index (χ1n) is 10.3. The molecule has 0 bridgehead atoms. The predicted octanol–water partition coefficient (Wildman–Crippen LogP) is 1.48. The average Bonchev–Trinajstić information content (AvgIpc) is 3.17. The van der Waals surface area contributed by atoms with Gasteiger partial charge in [0.2, 0.25) is 10.0 Å². The summed E-state index contributed by atoms with van der Waals surface area (Å²) in [5, 5.41) is 5.31. The Morgan fingerprint density at radius 2 is 1.77 bits per heavy atom. The maximum Gasteiger partial charge on any atom is 0.211 e. The van der Waals surface area contributed by atoms with E-state index in [0.29, 0.717) is 13.0 Å². The summed E-state index contributed by atoms with van der Waals surface area (Å²) < 4.78 is 28.0. The zero-order valence-electron chi connectivity index (χ0n) is 17.1. The van der Waals surface area contributed by atoms with Crippen LogP contribution in [-0.2, 0) is 16.6 Å². The van der Waals surface area contributed by atoms with Crippen LogP contribution in [0.5, 0.6) is 0 Å². The van der Waals surface area contributed by atoms with Gasteiger partial charge in [-0.25, -0.2) is 27.8 Å². The standard InChI is InChI=1S/C20H27N7O2S/c1-2-14-30(28,29)24-8-9-27-20-18(15-23-27)19(21-16-22-20)26-12-10-25(11-13-26)17-6-4-3-5-7-17/h3-7,15-16,24H,2,8-14H2,1H3. The fraction of sp³-hybridized carbons (Fsp3) is 0.450. The third-order valence-electron chi connectivity index (χ3n) is 5.23. The van der Waals surface area contributed by atoms with E-state index in [0.717, 1.165) is 43.0 Å². The fourth-order valence-corrected chi connectivity index (χ4v) is 4.84. The molecule has 0 unspecified atom stereocenters. The van der Waals surface area contributed by atoms with E-state index in [-0.39, 0.29) is 12.3 Å². The molecule has 0 saturated carbocycles. The van der Waals surface area contributed by atoms with E-state index < -0.39 is 10.0 Å². The van der Waals surface area contributed by atoms with Gasteiger partial charge in [0, 0.05) is 38.4 Å². The summed E-state index contributed by atoms with van der Waals surface area (Å²) in [5.74, 6) is 1.01. The van der Waals surface area contributed by atoms with Crippen LogP contribution in [0.25, 0.3) is 11.0 Å². The Bertz CT molecular complexity index is 1080. The van der Waals surface area contributed by atoms with Crippen LogP contribution in [0.1, 0.15) is 13.3 Å². The number of sulfonamides is 1. The Kier molecular flexibility index (Phi) is 6.14. The molecule has 3 heterocycles. The lowest BCUT2D eigenvalue weighted by molar-refractivity contribution is 0.563. The molecular formula is C20H27N7O2S. The molecule has 1 aliphatic heterocycles. The molecule has 1 fully saturated rings. The zero-order valence-corrected chi connectivity index (χ0v) is 17.9. The summed E-state index contributed by atoms with van der Waals surface area (Å²) in [6, 6.07) is 10.4. The van der Waals surface area contributed by atoms with Gasteiger partial charge >= 0.3 is 0 Å². The van der Waals surface area contributed by atoms with Crippen LogP contribution in [0.2, 0.25) is 0 Å². The van der Waals surface area contributed by atoms with Gasteiger partial charge < -0.3 is 9.80 Å². The largest absolute Gasteiger partial charge is 0.368 e. The minimum absolute atomic E-state index is 0.133. The first-order chi connectivity index (χ1) is 14.6. The van der Waals surface area contributed by atoms with Gasteiger partial charge in [-0.2, -0.15) is 5.10 Å². The highest BCUT2D eigenvalue weighted by molar-refractivity contribution is 7.89. The monoisotopic (exact) mass is 429 g/mol. The Labute approximate surface area is 176 Å². The molecule has 2 aromatic heterocycles. The third-order valence-corrected chi connectivity index (χ3v) is 6.82. The van der Waals surface area contributed by atoms with Gasteiger partial charge in [-0.15, -0.1) is 0 Å². The summed E-state index contributed by atoms with van der Waals surface area (Å²) in [7, 11) is -3.23. The Hall–Kier alpha value is -2.72. The number of aromatic nitrogens is 4. The molecule has 1 aromatic carbocycles. The first kappa shape index (κ1) is 20.5. The van der Waals surface area contributed by atoms with Crippen LogP contribution in [-0.4, -0.2) is 66.6 Å². The van der Waals surface area contributed by atoms with Gasteiger partial charge in [0.05, 0.1) is 23.9 Å². The molecular weight excluding hydrogens is 402 g/mol. The molecule has 160 valence electrons. The summed E-state index contributed by atoms with van der Waals surface area (Å²) in [6.07, 6.45) is 3.92. The smallest absolute Gasteiger partial charge is 0.211 e. The number of anilines is 2. The molecule has 1 N–H and O–H groups in total. The minimum Gasteiger partial charge on any atom is -0.368 e. The summed E-state index contributed by atoms with van der Waals surface area (Å²) in [4.78, 5) is 13.5. The molecule has 1 saturated heterocycles. The SMILES string of the molecule is CCCS(=O)(=O)NCCn1ncc2c(N3CCN(c4ccccc4)CC3)ncnc21. The van der Waals surface area contributed by atoms with E-state index in [2.05, 4.69) is 53.9 Å². The number of nitrogens with zero attached hydrogens (tertiary/aromatic N) is 6. The Morgan fingerprint density at radius 1 is 1.03 bits per heavy atom. The molecule has 0 spiro atoms. The van der Waals surface area contributed by atoms with Gasteiger partial charge in [0.1, 0.15) is 12.1 Å². The molecule has 1 aliphatic rings. The van der Waals surface area contributed by atoms with Gasteiger partial charge in [-0.3, -0.25) is 0 Å². The van der Waals surface area contributed by atoms with Crippen molar-refractivity contribution in [3.8, 4) is 0 Å². The molecule has 10 heteroatoms. The second kappa shape index (κ2) is 8.97. The van der Waals surface area contributed by atoms with Crippen molar-refractivity contribution in [1.29, 1.82) is 0 Å². The fourth-order valence-electron chi connectivity index (χ4n) is 3.76. The second-order valence-electron chi connectivity index (χ2n) is 7.33. The molecule has 0 aliphatic carbocycles. The van der Waals surface area contributed by atoms with Crippen molar-refractivity contribution in [3.63, 3.8) is 0 Å².